The number of aliphatic hydroxyl groups is 1. The summed E-state index contributed by atoms with van der Waals surface area (Å²) in [5, 5.41) is 21.2. The standard InChI is InChI=1S/C23H28N6O2S/c1-23(2)10-19(23)17-9-21(25-11-18(17)14-3-4-14)31-16-7-5-15(6-8-16)22-26-28-29(27-22)13-32-20(24)12-30/h5-9,11,14,19-20,30H,3-4,10,12-13,24H2,1-2H3/t19-,20+/m1/s1. The molecule has 2 aliphatic carbocycles. The number of nitrogens with two attached hydrogens (primary N) is 1. The van der Waals surface area contributed by atoms with Gasteiger partial charge in [0.05, 0.1) is 12.0 Å². The van der Waals surface area contributed by atoms with Gasteiger partial charge in [-0.3, -0.25) is 0 Å². The zero-order valence-corrected chi connectivity index (χ0v) is 19.1. The molecule has 0 spiro atoms. The van der Waals surface area contributed by atoms with Gasteiger partial charge in [0.1, 0.15) is 11.6 Å². The molecule has 1 aromatic carbocycles. The van der Waals surface area contributed by atoms with Crippen LogP contribution in [0.2, 0.25) is 0 Å². The fourth-order valence-corrected chi connectivity index (χ4v) is 4.51. The van der Waals surface area contributed by atoms with E-state index in [4.69, 9.17) is 15.6 Å². The van der Waals surface area contributed by atoms with Gasteiger partial charge in [0.15, 0.2) is 0 Å². The van der Waals surface area contributed by atoms with Crippen LogP contribution < -0.4 is 10.5 Å². The lowest BCUT2D eigenvalue weighted by molar-refractivity contribution is 0.296. The average Bonchev–Trinajstić information content (AvgIpc) is 3.69. The summed E-state index contributed by atoms with van der Waals surface area (Å²) in [5.74, 6) is 3.60. The minimum atomic E-state index is -0.362. The van der Waals surface area contributed by atoms with Crippen LogP contribution >= 0.6 is 11.8 Å². The van der Waals surface area contributed by atoms with Crippen molar-refractivity contribution in [2.75, 3.05) is 6.61 Å². The van der Waals surface area contributed by atoms with Gasteiger partial charge in [-0.25, -0.2) is 4.98 Å². The van der Waals surface area contributed by atoms with Crippen LogP contribution in [0, 0.1) is 5.41 Å². The van der Waals surface area contributed by atoms with Crippen molar-refractivity contribution >= 4 is 11.8 Å². The molecule has 8 nitrogen and oxygen atoms in total. The normalized spacial score (nSPS) is 20.2. The number of rotatable bonds is 9. The van der Waals surface area contributed by atoms with Crippen molar-refractivity contribution in [3.8, 4) is 23.0 Å². The second-order valence-electron chi connectivity index (χ2n) is 9.30. The van der Waals surface area contributed by atoms with Crippen LogP contribution in [0.3, 0.4) is 0 Å². The number of ether oxygens (including phenoxy) is 1. The topological polar surface area (TPSA) is 112 Å². The lowest BCUT2D eigenvalue weighted by atomic mass is 9.97. The maximum atomic E-state index is 9.01. The van der Waals surface area contributed by atoms with Gasteiger partial charge in [0.2, 0.25) is 11.7 Å². The molecule has 3 N–H and O–H groups in total. The number of tetrazole rings is 1. The van der Waals surface area contributed by atoms with E-state index in [1.807, 2.05) is 30.5 Å². The van der Waals surface area contributed by atoms with Crippen molar-refractivity contribution in [2.45, 2.75) is 56.2 Å². The molecule has 2 heterocycles. The molecule has 5 rings (SSSR count). The predicted octanol–water partition coefficient (Wildman–Crippen LogP) is 3.89. The molecule has 32 heavy (non-hydrogen) atoms. The van der Waals surface area contributed by atoms with Gasteiger partial charge in [-0.2, -0.15) is 4.80 Å². The third kappa shape index (κ3) is 4.65. The number of pyridine rings is 1. The smallest absolute Gasteiger partial charge is 0.219 e. The highest BCUT2D eigenvalue weighted by Crippen LogP contribution is 2.61. The number of aliphatic hydroxyl groups excluding tert-OH is 1. The number of nitrogens with zero attached hydrogens (tertiary/aromatic N) is 5. The summed E-state index contributed by atoms with van der Waals surface area (Å²) < 4.78 is 6.08. The summed E-state index contributed by atoms with van der Waals surface area (Å²) in [6.07, 6.45) is 5.79. The maximum absolute atomic E-state index is 9.01. The maximum Gasteiger partial charge on any atom is 0.219 e. The number of benzene rings is 1. The third-order valence-corrected chi connectivity index (χ3v) is 7.18. The van der Waals surface area contributed by atoms with Crippen molar-refractivity contribution in [3.63, 3.8) is 0 Å². The first kappa shape index (κ1) is 21.4. The molecule has 0 bridgehead atoms. The van der Waals surface area contributed by atoms with E-state index in [0.29, 0.717) is 34.8 Å². The summed E-state index contributed by atoms with van der Waals surface area (Å²) in [5.41, 5.74) is 9.74. The van der Waals surface area contributed by atoms with Crippen LogP contribution in [0.25, 0.3) is 11.4 Å². The Bertz CT molecular complexity index is 1100. The highest BCUT2D eigenvalue weighted by Gasteiger charge is 2.48. The van der Waals surface area contributed by atoms with Crippen molar-refractivity contribution in [1.82, 2.24) is 25.2 Å². The van der Waals surface area contributed by atoms with Gasteiger partial charge in [-0.1, -0.05) is 13.8 Å². The van der Waals surface area contributed by atoms with Crippen LogP contribution in [-0.4, -0.2) is 42.3 Å². The highest BCUT2D eigenvalue weighted by atomic mass is 32.2. The van der Waals surface area contributed by atoms with Crippen molar-refractivity contribution < 1.29 is 9.84 Å². The van der Waals surface area contributed by atoms with E-state index in [2.05, 4.69) is 40.3 Å². The number of hydrogen-bond acceptors (Lipinski definition) is 8. The third-order valence-electron chi connectivity index (χ3n) is 6.22. The molecule has 0 amide bonds. The summed E-state index contributed by atoms with van der Waals surface area (Å²) in [6.45, 7) is 4.57. The molecule has 0 saturated heterocycles. The summed E-state index contributed by atoms with van der Waals surface area (Å²) >= 11 is 1.35. The predicted molar refractivity (Wildman–Crippen MR) is 123 cm³/mol. The zero-order valence-electron chi connectivity index (χ0n) is 18.3. The van der Waals surface area contributed by atoms with Crippen LogP contribution in [0.5, 0.6) is 11.6 Å². The van der Waals surface area contributed by atoms with Gasteiger partial charge >= 0.3 is 0 Å². The number of hydrogen-bond donors (Lipinski definition) is 2. The Labute approximate surface area is 191 Å². The molecule has 0 radical (unpaired) electrons. The van der Waals surface area contributed by atoms with Gasteiger partial charge in [-0.15, -0.1) is 22.0 Å². The Morgan fingerprint density at radius 3 is 2.66 bits per heavy atom. The highest BCUT2D eigenvalue weighted by molar-refractivity contribution is 7.98. The lowest BCUT2D eigenvalue weighted by Gasteiger charge is -2.13. The molecule has 2 aromatic heterocycles. The molecule has 2 fully saturated rings. The Kier molecular flexibility index (Phi) is 5.65. The summed E-state index contributed by atoms with van der Waals surface area (Å²) in [4.78, 5) is 6.05. The minimum Gasteiger partial charge on any atom is -0.439 e. The molecular weight excluding hydrogens is 424 g/mol. The molecule has 2 aliphatic rings. The second-order valence-corrected chi connectivity index (χ2v) is 10.5. The molecule has 168 valence electrons. The quantitative estimate of drug-likeness (QED) is 0.470. The van der Waals surface area contributed by atoms with Crippen LogP contribution in [-0.2, 0) is 5.88 Å². The minimum absolute atomic E-state index is 0.0915. The van der Waals surface area contributed by atoms with E-state index < -0.39 is 0 Å². The first-order valence-electron chi connectivity index (χ1n) is 11.0. The van der Waals surface area contributed by atoms with E-state index in [1.165, 1.54) is 46.9 Å². The molecule has 9 heteroatoms. The monoisotopic (exact) mass is 452 g/mol. The Morgan fingerprint density at radius 2 is 2.00 bits per heavy atom. The first-order chi connectivity index (χ1) is 15.4. The fourth-order valence-electron chi connectivity index (χ4n) is 3.97. The SMILES string of the molecule is CC1(C)C[C@@H]1c1cc(Oc2ccc(-c3nnn(CS[C@H](N)CO)n3)cc2)ncc1C1CC1. The van der Waals surface area contributed by atoms with E-state index in [1.54, 1.807) is 0 Å². The average molecular weight is 453 g/mol. The Hall–Kier alpha value is -2.49. The molecule has 0 unspecified atom stereocenters. The Morgan fingerprint density at radius 1 is 1.25 bits per heavy atom. The summed E-state index contributed by atoms with van der Waals surface area (Å²) in [6, 6.07) is 9.75. The van der Waals surface area contributed by atoms with Gasteiger partial charge in [0, 0.05) is 17.8 Å². The van der Waals surface area contributed by atoms with E-state index in [9.17, 15) is 0 Å². The molecule has 3 aromatic rings. The zero-order chi connectivity index (χ0) is 22.3. The second kappa shape index (κ2) is 8.46. The van der Waals surface area contributed by atoms with Crippen molar-refractivity contribution in [2.24, 2.45) is 11.1 Å². The molecule has 2 atom stereocenters. The van der Waals surface area contributed by atoms with Gasteiger partial charge in [0.25, 0.3) is 0 Å². The lowest BCUT2D eigenvalue weighted by Crippen LogP contribution is -2.21. The van der Waals surface area contributed by atoms with Gasteiger partial charge < -0.3 is 15.6 Å². The first-order valence-corrected chi connectivity index (χ1v) is 12.0. The van der Waals surface area contributed by atoms with Crippen molar-refractivity contribution in [3.05, 3.63) is 47.7 Å². The molecular formula is C23H28N6O2S. The van der Waals surface area contributed by atoms with E-state index >= 15 is 0 Å². The summed E-state index contributed by atoms with van der Waals surface area (Å²) in [7, 11) is 0. The van der Waals surface area contributed by atoms with Crippen LogP contribution in [0.1, 0.15) is 56.1 Å². The van der Waals surface area contributed by atoms with Gasteiger partial charge in [-0.05, 0) is 77.1 Å². The largest absolute Gasteiger partial charge is 0.439 e. The Balaban J connectivity index is 1.27. The number of thioether (sulfide) groups is 1. The van der Waals surface area contributed by atoms with Crippen LogP contribution in [0.4, 0.5) is 0 Å². The van der Waals surface area contributed by atoms with E-state index in [0.717, 1.165) is 11.3 Å². The number of aromatic nitrogens is 5. The van der Waals surface area contributed by atoms with E-state index in [-0.39, 0.29) is 12.0 Å². The molecule has 0 aliphatic heterocycles. The fraction of sp³-hybridized carbons (Fsp3) is 0.478. The molecule has 2 saturated carbocycles. The van der Waals surface area contributed by atoms with Crippen LogP contribution in [0.15, 0.2) is 36.5 Å². The van der Waals surface area contributed by atoms with Crippen molar-refractivity contribution in [1.29, 1.82) is 0 Å².